The molecule has 4 rings (SSSR count). The van der Waals surface area contributed by atoms with Gasteiger partial charge in [0.15, 0.2) is 0 Å². The van der Waals surface area contributed by atoms with Crippen LogP contribution in [0.2, 0.25) is 10.0 Å². The molecule has 0 spiro atoms. The zero-order valence-electron chi connectivity index (χ0n) is 15.7. The normalized spacial score (nSPS) is 15.6. The molecule has 1 aliphatic heterocycles. The summed E-state index contributed by atoms with van der Waals surface area (Å²) < 4.78 is 1.90. The van der Waals surface area contributed by atoms with Crippen LogP contribution in [0.1, 0.15) is 11.4 Å². The number of barbiturate groups is 1. The van der Waals surface area contributed by atoms with Gasteiger partial charge in [-0.2, -0.15) is 0 Å². The third kappa shape index (κ3) is 3.40. The van der Waals surface area contributed by atoms with Crippen molar-refractivity contribution in [2.45, 2.75) is 6.92 Å². The predicted molar refractivity (Wildman–Crippen MR) is 116 cm³/mol. The fourth-order valence-corrected chi connectivity index (χ4v) is 3.67. The SMILES string of the molecule is Cc1ccc(/C=C2\C(=O)NC(=O)N(c3cccc(Cl)c3Cl)C2=O)n1-c1ccccc1. The molecule has 4 amide bonds. The highest BCUT2D eigenvalue weighted by atomic mass is 35.5. The van der Waals surface area contributed by atoms with Crippen LogP contribution in [0.25, 0.3) is 11.8 Å². The summed E-state index contributed by atoms with van der Waals surface area (Å²) in [7, 11) is 0. The molecule has 0 saturated carbocycles. The van der Waals surface area contributed by atoms with Crippen molar-refractivity contribution in [1.29, 1.82) is 0 Å². The molecule has 1 aliphatic rings. The number of urea groups is 1. The van der Waals surface area contributed by atoms with Crippen molar-refractivity contribution in [3.63, 3.8) is 0 Å². The number of amides is 4. The van der Waals surface area contributed by atoms with Crippen LogP contribution in [0.3, 0.4) is 0 Å². The number of nitrogens with one attached hydrogen (secondary N) is 1. The van der Waals surface area contributed by atoms with Crippen molar-refractivity contribution < 1.29 is 14.4 Å². The van der Waals surface area contributed by atoms with Crippen LogP contribution in [-0.2, 0) is 9.59 Å². The van der Waals surface area contributed by atoms with Crippen molar-refractivity contribution in [3.05, 3.63) is 87.7 Å². The van der Waals surface area contributed by atoms with Gasteiger partial charge < -0.3 is 4.57 Å². The van der Waals surface area contributed by atoms with Crippen LogP contribution in [0.4, 0.5) is 10.5 Å². The second-order valence-electron chi connectivity index (χ2n) is 6.60. The van der Waals surface area contributed by atoms with E-state index in [1.807, 2.05) is 47.9 Å². The topological polar surface area (TPSA) is 71.4 Å². The Labute approximate surface area is 182 Å². The first-order valence-corrected chi connectivity index (χ1v) is 9.73. The number of carbonyl (C=O) groups excluding carboxylic acids is 3. The number of imide groups is 2. The summed E-state index contributed by atoms with van der Waals surface area (Å²) in [4.78, 5) is 38.8. The lowest BCUT2D eigenvalue weighted by Crippen LogP contribution is -2.54. The van der Waals surface area contributed by atoms with Crippen molar-refractivity contribution in [3.8, 4) is 5.69 Å². The fourth-order valence-electron chi connectivity index (χ4n) is 3.29. The monoisotopic (exact) mass is 439 g/mol. The van der Waals surface area contributed by atoms with E-state index in [1.165, 1.54) is 18.2 Å². The van der Waals surface area contributed by atoms with Gasteiger partial charge in [-0.25, -0.2) is 9.69 Å². The van der Waals surface area contributed by atoms with Gasteiger partial charge in [-0.1, -0.05) is 47.5 Å². The van der Waals surface area contributed by atoms with Gasteiger partial charge in [-0.05, 0) is 49.4 Å². The number of benzene rings is 2. The van der Waals surface area contributed by atoms with E-state index in [0.717, 1.165) is 16.3 Å². The van der Waals surface area contributed by atoms with Crippen molar-refractivity contribution >= 4 is 52.8 Å². The Hall–Kier alpha value is -3.35. The van der Waals surface area contributed by atoms with Crippen LogP contribution in [0, 0.1) is 6.92 Å². The first-order valence-electron chi connectivity index (χ1n) is 8.97. The highest BCUT2D eigenvalue weighted by Crippen LogP contribution is 2.34. The number of carbonyl (C=O) groups is 3. The third-order valence-electron chi connectivity index (χ3n) is 4.69. The molecule has 1 N–H and O–H groups in total. The molecule has 0 aliphatic carbocycles. The average Bonchev–Trinajstić information content (AvgIpc) is 3.09. The summed E-state index contributed by atoms with van der Waals surface area (Å²) in [6, 6.07) is 16.9. The Morgan fingerprint density at radius 2 is 1.63 bits per heavy atom. The molecule has 1 saturated heterocycles. The molecule has 150 valence electrons. The Balaban J connectivity index is 1.81. The second kappa shape index (κ2) is 7.82. The van der Waals surface area contributed by atoms with E-state index in [4.69, 9.17) is 23.2 Å². The van der Waals surface area contributed by atoms with Crippen LogP contribution < -0.4 is 10.2 Å². The molecule has 0 atom stereocenters. The maximum atomic E-state index is 13.1. The van der Waals surface area contributed by atoms with Gasteiger partial charge in [-0.3, -0.25) is 14.9 Å². The molecule has 2 heterocycles. The molecule has 30 heavy (non-hydrogen) atoms. The van der Waals surface area contributed by atoms with Crippen LogP contribution in [0.15, 0.2) is 66.2 Å². The van der Waals surface area contributed by atoms with Gasteiger partial charge in [-0.15, -0.1) is 0 Å². The van der Waals surface area contributed by atoms with Gasteiger partial charge >= 0.3 is 6.03 Å². The number of aryl methyl sites for hydroxylation is 1. The molecule has 0 bridgehead atoms. The third-order valence-corrected chi connectivity index (χ3v) is 5.50. The van der Waals surface area contributed by atoms with E-state index >= 15 is 0 Å². The summed E-state index contributed by atoms with van der Waals surface area (Å²) >= 11 is 12.2. The van der Waals surface area contributed by atoms with E-state index in [0.29, 0.717) is 5.69 Å². The van der Waals surface area contributed by atoms with E-state index in [1.54, 1.807) is 12.1 Å². The van der Waals surface area contributed by atoms with Crippen molar-refractivity contribution in [2.75, 3.05) is 4.90 Å². The fraction of sp³-hybridized carbons (Fsp3) is 0.0455. The highest BCUT2D eigenvalue weighted by Gasteiger charge is 2.38. The van der Waals surface area contributed by atoms with Crippen molar-refractivity contribution in [1.82, 2.24) is 9.88 Å². The maximum Gasteiger partial charge on any atom is 0.336 e. The zero-order chi connectivity index (χ0) is 21.4. The number of para-hydroxylation sites is 1. The first-order chi connectivity index (χ1) is 14.4. The molecule has 0 radical (unpaired) electrons. The molecular formula is C22H15Cl2N3O3. The van der Waals surface area contributed by atoms with Crippen LogP contribution >= 0.6 is 23.2 Å². The number of nitrogens with zero attached hydrogens (tertiary/aromatic N) is 2. The Morgan fingerprint density at radius 1 is 0.900 bits per heavy atom. The Kier molecular flexibility index (Phi) is 5.20. The zero-order valence-corrected chi connectivity index (χ0v) is 17.2. The molecular weight excluding hydrogens is 425 g/mol. The predicted octanol–water partition coefficient (Wildman–Crippen LogP) is 4.76. The highest BCUT2D eigenvalue weighted by molar-refractivity contribution is 6.46. The molecule has 2 aromatic carbocycles. The minimum atomic E-state index is -0.888. The lowest BCUT2D eigenvalue weighted by atomic mass is 10.1. The standard InChI is InChI=1S/C22H15Cl2N3O3/c1-13-10-11-15(26(13)14-6-3-2-4-7-14)12-16-20(28)25-22(30)27(21(16)29)18-9-5-8-17(23)19(18)24/h2-12H,1H3,(H,25,28,30)/b16-12+. The minimum absolute atomic E-state index is 0.0415. The molecule has 8 heteroatoms. The quantitative estimate of drug-likeness (QED) is 0.472. The van der Waals surface area contributed by atoms with Crippen molar-refractivity contribution in [2.24, 2.45) is 0 Å². The van der Waals surface area contributed by atoms with E-state index in [2.05, 4.69) is 5.32 Å². The van der Waals surface area contributed by atoms with E-state index in [-0.39, 0.29) is 21.3 Å². The maximum absolute atomic E-state index is 13.1. The minimum Gasteiger partial charge on any atom is -0.314 e. The van der Waals surface area contributed by atoms with Gasteiger partial charge in [0.25, 0.3) is 11.8 Å². The molecule has 0 unspecified atom stereocenters. The van der Waals surface area contributed by atoms with Gasteiger partial charge in [0.1, 0.15) is 5.57 Å². The molecule has 1 aromatic heterocycles. The summed E-state index contributed by atoms with van der Waals surface area (Å²) in [5.74, 6) is -1.57. The van der Waals surface area contributed by atoms with E-state index < -0.39 is 17.8 Å². The van der Waals surface area contributed by atoms with E-state index in [9.17, 15) is 14.4 Å². The Morgan fingerprint density at radius 3 is 2.37 bits per heavy atom. The first kappa shape index (κ1) is 19.9. The summed E-state index contributed by atoms with van der Waals surface area (Å²) in [6.07, 6.45) is 1.45. The van der Waals surface area contributed by atoms with Gasteiger partial charge in [0.05, 0.1) is 15.7 Å². The molecule has 6 nitrogen and oxygen atoms in total. The average molecular weight is 440 g/mol. The Bertz CT molecular complexity index is 1220. The molecule has 3 aromatic rings. The summed E-state index contributed by atoms with van der Waals surface area (Å²) in [5, 5.41) is 2.42. The number of rotatable bonds is 3. The number of halogens is 2. The van der Waals surface area contributed by atoms with Crippen LogP contribution in [0.5, 0.6) is 0 Å². The number of hydrogen-bond acceptors (Lipinski definition) is 3. The lowest BCUT2D eigenvalue weighted by Gasteiger charge is -2.27. The summed E-state index contributed by atoms with van der Waals surface area (Å²) in [5.41, 5.74) is 2.31. The van der Waals surface area contributed by atoms with Gasteiger partial charge in [0, 0.05) is 17.1 Å². The largest absolute Gasteiger partial charge is 0.336 e. The smallest absolute Gasteiger partial charge is 0.314 e. The number of aromatic nitrogens is 1. The lowest BCUT2D eigenvalue weighted by molar-refractivity contribution is -0.122. The van der Waals surface area contributed by atoms with Crippen LogP contribution in [-0.4, -0.2) is 22.4 Å². The molecule has 1 fully saturated rings. The number of anilines is 1. The second-order valence-corrected chi connectivity index (χ2v) is 7.39. The van der Waals surface area contributed by atoms with Gasteiger partial charge in [0.2, 0.25) is 0 Å². The summed E-state index contributed by atoms with van der Waals surface area (Å²) in [6.45, 7) is 1.92. The number of hydrogen-bond donors (Lipinski definition) is 1.